The lowest BCUT2D eigenvalue weighted by molar-refractivity contribution is -0.384. The summed E-state index contributed by atoms with van der Waals surface area (Å²) in [6, 6.07) is 6.07. The van der Waals surface area contributed by atoms with Gasteiger partial charge in [-0.15, -0.1) is 0 Å². The van der Waals surface area contributed by atoms with Crippen molar-refractivity contribution in [3.05, 3.63) is 38.9 Å². The zero-order chi connectivity index (χ0) is 14.0. The highest BCUT2D eigenvalue weighted by molar-refractivity contribution is 6.35. The Morgan fingerprint density at radius 2 is 2.21 bits per heavy atom. The third kappa shape index (κ3) is 2.37. The van der Waals surface area contributed by atoms with Crippen molar-refractivity contribution < 1.29 is 9.72 Å². The largest absolute Gasteiger partial charge is 0.334 e. The quantitative estimate of drug-likeness (QED) is 0.679. The van der Waals surface area contributed by atoms with Gasteiger partial charge in [-0.05, 0) is 25.3 Å². The van der Waals surface area contributed by atoms with Crippen LogP contribution in [0, 0.1) is 21.4 Å². The van der Waals surface area contributed by atoms with Crippen LogP contribution in [0.5, 0.6) is 0 Å². The van der Waals surface area contributed by atoms with Crippen molar-refractivity contribution in [1.29, 1.82) is 5.26 Å². The molecule has 1 saturated carbocycles. The van der Waals surface area contributed by atoms with E-state index in [0.29, 0.717) is 12.8 Å². The van der Waals surface area contributed by atoms with Gasteiger partial charge in [-0.2, -0.15) is 5.26 Å². The van der Waals surface area contributed by atoms with E-state index in [4.69, 9.17) is 16.9 Å². The molecule has 1 fully saturated rings. The molecule has 0 saturated heterocycles. The number of hydrogen-bond donors (Lipinski definition) is 1. The summed E-state index contributed by atoms with van der Waals surface area (Å²) >= 11 is 5.85. The second-order valence-electron chi connectivity index (χ2n) is 4.40. The Morgan fingerprint density at radius 1 is 1.53 bits per heavy atom. The van der Waals surface area contributed by atoms with Crippen LogP contribution < -0.4 is 5.32 Å². The molecule has 6 nitrogen and oxygen atoms in total. The van der Waals surface area contributed by atoms with Crippen molar-refractivity contribution in [2.75, 3.05) is 0 Å². The molecule has 1 aromatic rings. The van der Waals surface area contributed by atoms with Gasteiger partial charge >= 0.3 is 0 Å². The zero-order valence-corrected chi connectivity index (χ0v) is 10.6. The van der Waals surface area contributed by atoms with Crippen LogP contribution in [0.25, 0.3) is 0 Å². The Hall–Kier alpha value is -2.13. The van der Waals surface area contributed by atoms with E-state index in [1.807, 2.05) is 0 Å². The summed E-state index contributed by atoms with van der Waals surface area (Å²) in [5.74, 6) is -0.560. The van der Waals surface area contributed by atoms with Crippen molar-refractivity contribution >= 4 is 23.2 Å². The molecular weight excluding hydrogens is 270 g/mol. The zero-order valence-electron chi connectivity index (χ0n) is 9.85. The fourth-order valence-electron chi connectivity index (χ4n) is 1.92. The minimum atomic E-state index is -0.856. The van der Waals surface area contributed by atoms with Crippen LogP contribution in [0.1, 0.15) is 29.6 Å². The number of hydrogen-bond acceptors (Lipinski definition) is 4. The maximum Gasteiger partial charge on any atom is 0.288 e. The number of halogens is 1. The number of amides is 1. The molecular formula is C12H10ClN3O3. The summed E-state index contributed by atoms with van der Waals surface area (Å²) in [5, 5.41) is 22.2. The highest BCUT2D eigenvalue weighted by Crippen LogP contribution is 2.33. The third-order valence-corrected chi connectivity index (χ3v) is 3.59. The number of nitro benzene ring substituents is 1. The van der Waals surface area contributed by atoms with Crippen molar-refractivity contribution in [3.63, 3.8) is 0 Å². The van der Waals surface area contributed by atoms with E-state index in [1.165, 1.54) is 18.2 Å². The number of nitrogens with zero attached hydrogens (tertiary/aromatic N) is 2. The van der Waals surface area contributed by atoms with Gasteiger partial charge in [0.05, 0.1) is 16.6 Å². The molecule has 2 rings (SSSR count). The molecule has 0 unspecified atom stereocenters. The Balaban J connectivity index is 2.28. The topological polar surface area (TPSA) is 96.0 Å². The summed E-state index contributed by atoms with van der Waals surface area (Å²) in [6.07, 6.45) is 2.04. The van der Waals surface area contributed by atoms with Crippen LogP contribution in [0.2, 0.25) is 5.02 Å². The fourth-order valence-corrected chi connectivity index (χ4v) is 2.20. The van der Waals surface area contributed by atoms with Crippen molar-refractivity contribution in [2.45, 2.75) is 24.8 Å². The van der Waals surface area contributed by atoms with Crippen LogP contribution in [0.4, 0.5) is 5.69 Å². The summed E-state index contributed by atoms with van der Waals surface area (Å²) in [7, 11) is 0. The van der Waals surface area contributed by atoms with Crippen molar-refractivity contribution in [1.82, 2.24) is 5.32 Å². The first-order valence-corrected chi connectivity index (χ1v) is 6.03. The predicted octanol–water partition coefficient (Wildman–Crippen LogP) is 2.42. The van der Waals surface area contributed by atoms with Gasteiger partial charge in [0.2, 0.25) is 0 Å². The Kier molecular flexibility index (Phi) is 3.40. The summed E-state index contributed by atoms with van der Waals surface area (Å²) in [5.41, 5.74) is -1.17. The second-order valence-corrected chi connectivity index (χ2v) is 4.78. The summed E-state index contributed by atoms with van der Waals surface area (Å²) < 4.78 is 0. The Labute approximate surface area is 114 Å². The fraction of sp³-hybridized carbons (Fsp3) is 0.333. The van der Waals surface area contributed by atoms with E-state index >= 15 is 0 Å². The lowest BCUT2D eigenvalue weighted by atomic mass is 9.78. The summed E-state index contributed by atoms with van der Waals surface area (Å²) in [4.78, 5) is 22.1. The number of carbonyl (C=O) groups excluding carboxylic acids is 1. The highest BCUT2D eigenvalue weighted by atomic mass is 35.5. The SMILES string of the molecule is N#CC1(NC(=O)c2cccc([N+](=O)[O-])c2Cl)CCC1. The second kappa shape index (κ2) is 4.86. The number of benzene rings is 1. The van der Waals surface area contributed by atoms with E-state index in [0.717, 1.165) is 6.42 Å². The number of nitrogens with one attached hydrogen (secondary N) is 1. The van der Waals surface area contributed by atoms with Gasteiger partial charge in [-0.1, -0.05) is 17.7 Å². The molecule has 0 aromatic heterocycles. The maximum absolute atomic E-state index is 12.0. The Morgan fingerprint density at radius 3 is 2.68 bits per heavy atom. The van der Waals surface area contributed by atoms with Crippen LogP contribution in [0.3, 0.4) is 0 Å². The van der Waals surface area contributed by atoms with Crippen molar-refractivity contribution in [3.8, 4) is 6.07 Å². The van der Waals surface area contributed by atoms with Crippen molar-refractivity contribution in [2.24, 2.45) is 0 Å². The van der Waals surface area contributed by atoms with Crippen LogP contribution in [0.15, 0.2) is 18.2 Å². The molecule has 19 heavy (non-hydrogen) atoms. The lowest BCUT2D eigenvalue weighted by Crippen LogP contribution is -2.52. The monoisotopic (exact) mass is 279 g/mol. The molecule has 0 bridgehead atoms. The van der Waals surface area contributed by atoms with E-state index in [2.05, 4.69) is 11.4 Å². The van der Waals surface area contributed by atoms with E-state index in [9.17, 15) is 14.9 Å². The van der Waals surface area contributed by atoms with Gasteiger partial charge < -0.3 is 5.32 Å². The molecule has 0 spiro atoms. The number of carbonyl (C=O) groups is 1. The molecule has 0 radical (unpaired) electrons. The van der Waals surface area contributed by atoms with Gasteiger partial charge in [0.15, 0.2) is 0 Å². The van der Waals surface area contributed by atoms with E-state index in [-0.39, 0.29) is 16.3 Å². The molecule has 1 aliphatic carbocycles. The number of nitro groups is 1. The predicted molar refractivity (Wildman–Crippen MR) is 67.8 cm³/mol. The van der Waals surface area contributed by atoms with Crippen LogP contribution in [-0.4, -0.2) is 16.4 Å². The van der Waals surface area contributed by atoms with Crippen LogP contribution in [-0.2, 0) is 0 Å². The van der Waals surface area contributed by atoms with Crippen LogP contribution >= 0.6 is 11.6 Å². The smallest absolute Gasteiger partial charge is 0.288 e. The summed E-state index contributed by atoms with van der Waals surface area (Å²) in [6.45, 7) is 0. The molecule has 1 aromatic carbocycles. The minimum absolute atomic E-state index is 0.0115. The minimum Gasteiger partial charge on any atom is -0.334 e. The molecule has 1 aliphatic rings. The van der Waals surface area contributed by atoms with Gasteiger partial charge in [0.1, 0.15) is 10.6 Å². The lowest BCUT2D eigenvalue weighted by Gasteiger charge is -2.35. The average molecular weight is 280 g/mol. The molecule has 0 heterocycles. The molecule has 7 heteroatoms. The molecule has 1 N–H and O–H groups in total. The highest BCUT2D eigenvalue weighted by Gasteiger charge is 2.39. The number of nitriles is 1. The van der Waals surface area contributed by atoms with E-state index < -0.39 is 16.4 Å². The van der Waals surface area contributed by atoms with Gasteiger partial charge in [-0.3, -0.25) is 14.9 Å². The maximum atomic E-state index is 12.0. The first-order chi connectivity index (χ1) is 8.99. The molecule has 0 aliphatic heterocycles. The molecule has 0 atom stereocenters. The standard InChI is InChI=1S/C12H10ClN3O3/c13-10-8(3-1-4-9(10)16(18)19)11(17)15-12(7-14)5-2-6-12/h1,3-4H,2,5-6H2,(H,15,17). The number of rotatable bonds is 3. The molecule has 1 amide bonds. The normalized spacial score (nSPS) is 16.0. The van der Waals surface area contributed by atoms with Gasteiger partial charge in [-0.25, -0.2) is 0 Å². The van der Waals surface area contributed by atoms with Gasteiger partial charge in [0.25, 0.3) is 11.6 Å². The Bertz CT molecular complexity index is 590. The third-order valence-electron chi connectivity index (χ3n) is 3.19. The molecule has 98 valence electrons. The first-order valence-electron chi connectivity index (χ1n) is 5.66. The van der Waals surface area contributed by atoms with Gasteiger partial charge in [0, 0.05) is 6.07 Å². The first kappa shape index (κ1) is 13.3. The average Bonchev–Trinajstić information content (AvgIpc) is 2.33. The van der Waals surface area contributed by atoms with E-state index in [1.54, 1.807) is 0 Å².